The number of hydrogen-bond acceptors (Lipinski definition) is 8. The minimum Gasteiger partial charge on any atom is -0.457 e. The molecule has 1 saturated heterocycles. The molecule has 7 rings (SSSR count). The minimum atomic E-state index is -1.26. The van der Waals surface area contributed by atoms with Crippen LogP contribution in [0.3, 0.4) is 0 Å². The molecule has 0 radical (unpaired) electrons. The Hall–Kier alpha value is -5.82. The normalized spacial score (nSPS) is 21.1. The summed E-state index contributed by atoms with van der Waals surface area (Å²) < 4.78 is 8.68. The minimum absolute atomic E-state index is 0.0743. The number of benzene rings is 4. The van der Waals surface area contributed by atoms with Crippen LogP contribution < -0.4 is 10.1 Å². The number of aliphatic hydroxyl groups is 1. The van der Waals surface area contributed by atoms with Crippen molar-refractivity contribution in [3.8, 4) is 22.8 Å². The van der Waals surface area contributed by atoms with Gasteiger partial charge in [0.1, 0.15) is 29.1 Å². The van der Waals surface area contributed by atoms with Crippen LogP contribution in [-0.2, 0) is 58.5 Å². The number of amides is 3. The second-order valence-electron chi connectivity index (χ2n) is 18.0. The fourth-order valence-electron chi connectivity index (χ4n) is 9.40. The summed E-state index contributed by atoms with van der Waals surface area (Å²) >= 11 is 6.20. The zero-order chi connectivity index (χ0) is 46.4. The van der Waals surface area contributed by atoms with E-state index in [0.717, 1.165) is 57.7 Å². The van der Waals surface area contributed by atoms with Crippen molar-refractivity contribution >= 4 is 35.1 Å². The highest BCUT2D eigenvalue weighted by Crippen LogP contribution is 2.42. The Morgan fingerprint density at radius 1 is 0.862 bits per heavy atom. The number of aliphatic hydroxyl groups excluding tert-OH is 1. The lowest BCUT2D eigenvalue weighted by Gasteiger charge is -2.36. The molecule has 0 spiro atoms. The molecule has 2 aliphatic rings. The number of ketones is 1. The lowest BCUT2D eigenvalue weighted by molar-refractivity contribution is -0.143. The van der Waals surface area contributed by atoms with Gasteiger partial charge in [-0.25, -0.2) is 4.98 Å². The predicted octanol–water partition coefficient (Wildman–Crippen LogP) is 7.03. The van der Waals surface area contributed by atoms with E-state index in [0.29, 0.717) is 35.9 Å². The van der Waals surface area contributed by atoms with E-state index in [1.54, 1.807) is 31.1 Å². The van der Waals surface area contributed by atoms with Gasteiger partial charge in [-0.2, -0.15) is 0 Å². The zero-order valence-electron chi connectivity index (χ0n) is 38.3. The van der Waals surface area contributed by atoms with Gasteiger partial charge in [-0.15, -0.1) is 0 Å². The topological polar surface area (TPSA) is 137 Å². The number of carbonyl (C=O) groups excluding carboxylic acids is 4. The number of fused-ring (bicyclic) bond motifs is 1. The van der Waals surface area contributed by atoms with E-state index in [1.807, 2.05) is 94.1 Å². The van der Waals surface area contributed by atoms with Crippen molar-refractivity contribution in [2.24, 2.45) is 18.9 Å². The molecule has 1 unspecified atom stereocenters. The molecule has 0 bridgehead atoms. The molecule has 5 atom stereocenters. The van der Waals surface area contributed by atoms with Gasteiger partial charge >= 0.3 is 0 Å². The first-order valence-electron chi connectivity index (χ1n) is 22.5. The third kappa shape index (κ3) is 11.2. The van der Waals surface area contributed by atoms with Crippen LogP contribution in [0.4, 0.5) is 0 Å². The molecule has 2 heterocycles. The molecule has 1 aliphatic carbocycles. The summed E-state index contributed by atoms with van der Waals surface area (Å²) in [4.78, 5) is 68.0. The summed E-state index contributed by atoms with van der Waals surface area (Å²) in [6, 6.07) is 27.3. The Kier molecular flexibility index (Phi) is 15.2. The van der Waals surface area contributed by atoms with E-state index in [9.17, 15) is 24.3 Å². The van der Waals surface area contributed by atoms with Crippen LogP contribution in [-0.4, -0.2) is 106 Å². The van der Waals surface area contributed by atoms with Gasteiger partial charge < -0.3 is 34.4 Å². The standard InChI is InChI=1S/C52H61ClN6O6/c1-7-33-12-15-37(48(25-33)65-41-21-16-36(17-22-41)46-29-54-49(59(46)6)31-56(2)3)26-38-27-50(62)55-45(32-60)52(64)58(5)40(24-34-13-19-39(53)20-14-34)30-57(4)51(63)44(28-47(38)61)43-23-18-35-10-8-9-11-42(35)43/h8-17,19-22,25,29,38,40,43-45,60H,7,18,23-24,26-28,30-32H2,1-6H3,(H,55,62)/t38?,40-,43+,44-,45-/m0/s1. The van der Waals surface area contributed by atoms with Gasteiger partial charge in [0, 0.05) is 57.0 Å². The summed E-state index contributed by atoms with van der Waals surface area (Å²) in [5.74, 6) is -1.15. The number of Topliss-reactive ketones (excluding diaryl/α,β-unsaturated/α-hetero) is 1. The predicted molar refractivity (Wildman–Crippen MR) is 253 cm³/mol. The molecule has 1 aromatic heterocycles. The van der Waals surface area contributed by atoms with Crippen molar-refractivity contribution in [3.63, 3.8) is 0 Å². The largest absolute Gasteiger partial charge is 0.457 e. The van der Waals surface area contributed by atoms with Crippen molar-refractivity contribution in [3.05, 3.63) is 136 Å². The number of rotatable bonds is 12. The zero-order valence-corrected chi connectivity index (χ0v) is 39.1. The summed E-state index contributed by atoms with van der Waals surface area (Å²) in [6.45, 7) is 2.28. The van der Waals surface area contributed by atoms with Gasteiger partial charge in [-0.1, -0.05) is 67.1 Å². The Balaban J connectivity index is 1.21. The quantitative estimate of drug-likeness (QED) is 0.136. The lowest BCUT2D eigenvalue weighted by atomic mass is 9.79. The number of aryl methyl sites for hydroxylation is 2. The van der Waals surface area contributed by atoms with Gasteiger partial charge in [0.2, 0.25) is 17.7 Å². The van der Waals surface area contributed by atoms with Gasteiger partial charge in [-0.3, -0.25) is 19.2 Å². The van der Waals surface area contributed by atoms with Crippen LogP contribution in [0.2, 0.25) is 5.02 Å². The van der Waals surface area contributed by atoms with E-state index >= 15 is 0 Å². The molecule has 12 nitrogen and oxygen atoms in total. The van der Waals surface area contributed by atoms with Crippen molar-refractivity contribution in [1.29, 1.82) is 0 Å². The Morgan fingerprint density at radius 2 is 1.58 bits per heavy atom. The Morgan fingerprint density at radius 3 is 2.29 bits per heavy atom. The highest BCUT2D eigenvalue weighted by Gasteiger charge is 2.40. The number of imidazole rings is 1. The summed E-state index contributed by atoms with van der Waals surface area (Å²) in [5.41, 5.74) is 6.85. The molecule has 5 aromatic rings. The van der Waals surface area contributed by atoms with Crippen LogP contribution in [0.25, 0.3) is 11.3 Å². The Labute approximate surface area is 387 Å². The molecule has 3 amide bonds. The molecule has 1 aliphatic heterocycles. The smallest absolute Gasteiger partial charge is 0.247 e. The van der Waals surface area contributed by atoms with E-state index in [4.69, 9.17) is 16.3 Å². The van der Waals surface area contributed by atoms with Crippen molar-refractivity contribution < 1.29 is 29.0 Å². The van der Waals surface area contributed by atoms with Crippen LogP contribution in [0.1, 0.15) is 65.7 Å². The fourth-order valence-corrected chi connectivity index (χ4v) is 9.53. The third-order valence-electron chi connectivity index (χ3n) is 13.2. The first-order valence-corrected chi connectivity index (χ1v) is 22.9. The maximum atomic E-state index is 15.0. The molecule has 2 N–H and O–H groups in total. The number of carbonyl (C=O) groups is 4. The van der Waals surface area contributed by atoms with Gasteiger partial charge in [-0.05, 0) is 122 Å². The number of nitrogens with one attached hydrogen (secondary N) is 1. The first-order chi connectivity index (χ1) is 31.2. The molecule has 0 saturated carbocycles. The SMILES string of the molecule is CCc1ccc(CC2CC(=O)N[C@@H](CO)C(=O)N(C)[C@@H](Cc3ccc(Cl)cc3)CN(C)C(=O)[C@H]([C@@H]3CCc4ccccc43)CC2=O)c(Oc2ccc(-c3cnc(CN(C)C)n3C)cc2)c1. The van der Waals surface area contributed by atoms with Crippen molar-refractivity contribution in [2.75, 3.05) is 41.3 Å². The van der Waals surface area contributed by atoms with E-state index in [-0.39, 0.29) is 43.4 Å². The summed E-state index contributed by atoms with van der Waals surface area (Å²) in [7, 11) is 9.39. The summed E-state index contributed by atoms with van der Waals surface area (Å²) in [5, 5.41) is 13.9. The van der Waals surface area contributed by atoms with E-state index in [1.165, 1.54) is 4.90 Å². The van der Waals surface area contributed by atoms with Gasteiger partial charge in [0.15, 0.2) is 0 Å². The average Bonchev–Trinajstić information content (AvgIpc) is 3.89. The number of nitrogens with zero attached hydrogens (tertiary/aromatic N) is 5. The van der Waals surface area contributed by atoms with Crippen LogP contribution in [0, 0.1) is 11.8 Å². The second kappa shape index (κ2) is 21.0. The number of ether oxygens (including phenoxy) is 1. The summed E-state index contributed by atoms with van der Waals surface area (Å²) in [6.07, 6.45) is 4.31. The van der Waals surface area contributed by atoms with Gasteiger partial charge in [0.05, 0.1) is 37.0 Å². The molecule has 13 heteroatoms. The van der Waals surface area contributed by atoms with Crippen LogP contribution in [0.15, 0.2) is 97.2 Å². The third-order valence-corrected chi connectivity index (χ3v) is 13.4. The lowest BCUT2D eigenvalue weighted by Crippen LogP contribution is -2.55. The molecular formula is C52H61ClN6O6. The molecule has 4 aromatic carbocycles. The fraction of sp³-hybridized carbons (Fsp3) is 0.404. The molecule has 1 fully saturated rings. The number of aromatic nitrogens is 2. The van der Waals surface area contributed by atoms with E-state index < -0.39 is 42.3 Å². The second-order valence-corrected chi connectivity index (χ2v) is 18.4. The first kappa shape index (κ1) is 47.2. The van der Waals surface area contributed by atoms with Crippen LogP contribution in [0.5, 0.6) is 11.5 Å². The monoisotopic (exact) mass is 900 g/mol. The number of likely N-dealkylation sites (N-methyl/N-ethyl adjacent to an activating group) is 2. The Bertz CT molecular complexity index is 2490. The highest BCUT2D eigenvalue weighted by atomic mass is 35.5. The number of hydrogen-bond donors (Lipinski definition) is 2. The van der Waals surface area contributed by atoms with Gasteiger partial charge in [0.25, 0.3) is 0 Å². The van der Waals surface area contributed by atoms with Crippen LogP contribution >= 0.6 is 11.6 Å². The maximum Gasteiger partial charge on any atom is 0.247 e. The van der Waals surface area contributed by atoms with E-state index in [2.05, 4.69) is 38.8 Å². The van der Waals surface area contributed by atoms with Crippen molar-refractivity contribution in [2.45, 2.75) is 76.4 Å². The molecular weight excluding hydrogens is 840 g/mol. The molecule has 342 valence electrons. The van der Waals surface area contributed by atoms with Crippen molar-refractivity contribution in [1.82, 2.24) is 29.6 Å². The number of halogens is 1. The molecule has 65 heavy (non-hydrogen) atoms. The highest BCUT2D eigenvalue weighted by molar-refractivity contribution is 6.30. The average molecular weight is 902 g/mol. The maximum absolute atomic E-state index is 15.0.